The molecular weight excluding hydrogens is 264 g/mol. The van der Waals surface area contributed by atoms with Crippen molar-refractivity contribution < 1.29 is 13.2 Å². The van der Waals surface area contributed by atoms with Gasteiger partial charge in [-0.3, -0.25) is 0 Å². The lowest BCUT2D eigenvalue weighted by atomic mass is 10.2. The van der Waals surface area contributed by atoms with Crippen LogP contribution in [0, 0.1) is 0 Å². The second-order valence-corrected chi connectivity index (χ2v) is 7.39. The fourth-order valence-corrected chi connectivity index (χ4v) is 3.80. The summed E-state index contributed by atoms with van der Waals surface area (Å²) in [5.74, 6) is 1.08. The Bertz CT molecular complexity index is 555. The summed E-state index contributed by atoms with van der Waals surface area (Å²) in [5, 5.41) is 3.22. The highest BCUT2D eigenvalue weighted by Crippen LogP contribution is 2.28. The number of hydrogen-bond acceptors (Lipinski definition) is 5. The highest BCUT2D eigenvalue weighted by atomic mass is 32.2. The molecular formula is C13H20N2O3S. The predicted molar refractivity (Wildman–Crippen MR) is 77.3 cm³/mol. The lowest BCUT2D eigenvalue weighted by molar-refractivity contribution is 0.244. The first-order valence-corrected chi connectivity index (χ1v) is 8.21. The normalized spacial score (nSPS) is 21.5. The van der Waals surface area contributed by atoms with Gasteiger partial charge in [-0.15, -0.1) is 0 Å². The zero-order chi connectivity index (χ0) is 14.0. The average Bonchev–Trinajstić information content (AvgIpc) is 2.62. The van der Waals surface area contributed by atoms with Crippen LogP contribution in [0.1, 0.15) is 20.3 Å². The molecule has 1 aromatic carbocycles. The molecule has 1 unspecified atom stereocenters. The van der Waals surface area contributed by atoms with Crippen LogP contribution in [0.3, 0.4) is 0 Å². The Kier molecular flexibility index (Phi) is 3.89. The number of ether oxygens (including phenoxy) is 1. The molecule has 1 saturated heterocycles. The number of hydrogen-bond donors (Lipinski definition) is 2. The van der Waals surface area contributed by atoms with E-state index in [4.69, 9.17) is 10.5 Å². The molecule has 106 valence electrons. The largest absolute Gasteiger partial charge is 0.489 e. The van der Waals surface area contributed by atoms with Gasteiger partial charge in [-0.2, -0.15) is 0 Å². The van der Waals surface area contributed by atoms with Gasteiger partial charge in [0.05, 0.1) is 23.3 Å². The molecule has 3 N–H and O–H groups in total. The van der Waals surface area contributed by atoms with Crippen LogP contribution in [-0.4, -0.2) is 32.1 Å². The Morgan fingerprint density at radius 2 is 2.16 bits per heavy atom. The summed E-state index contributed by atoms with van der Waals surface area (Å²) in [6.45, 7) is 3.87. The summed E-state index contributed by atoms with van der Waals surface area (Å²) in [7, 11) is -2.87. The van der Waals surface area contributed by atoms with E-state index in [1.54, 1.807) is 6.07 Å². The second-order valence-electron chi connectivity index (χ2n) is 5.16. The number of nitrogens with two attached hydrogens (primary N) is 1. The van der Waals surface area contributed by atoms with Gasteiger partial charge in [0.15, 0.2) is 9.84 Å². The fraction of sp³-hybridized carbons (Fsp3) is 0.538. The molecule has 6 heteroatoms. The van der Waals surface area contributed by atoms with Gasteiger partial charge in [-0.1, -0.05) is 0 Å². The first-order valence-electron chi connectivity index (χ1n) is 6.39. The minimum absolute atomic E-state index is 0.0273. The van der Waals surface area contributed by atoms with Crippen LogP contribution in [0.4, 0.5) is 11.4 Å². The van der Waals surface area contributed by atoms with Crippen LogP contribution < -0.4 is 15.8 Å². The molecule has 1 atom stereocenters. The van der Waals surface area contributed by atoms with Crippen LogP contribution in [-0.2, 0) is 9.84 Å². The Hall–Kier alpha value is -1.43. The molecule has 1 heterocycles. The van der Waals surface area contributed by atoms with Crippen molar-refractivity contribution in [1.29, 1.82) is 0 Å². The van der Waals surface area contributed by atoms with E-state index in [2.05, 4.69) is 5.32 Å². The van der Waals surface area contributed by atoms with Gasteiger partial charge < -0.3 is 15.8 Å². The van der Waals surface area contributed by atoms with Crippen molar-refractivity contribution in [3.63, 3.8) is 0 Å². The number of nitrogen functional groups attached to an aromatic ring is 1. The Morgan fingerprint density at radius 1 is 1.42 bits per heavy atom. The van der Waals surface area contributed by atoms with E-state index in [-0.39, 0.29) is 23.7 Å². The zero-order valence-corrected chi connectivity index (χ0v) is 12.0. The summed E-state index contributed by atoms with van der Waals surface area (Å²) < 4.78 is 28.4. The first-order chi connectivity index (χ1) is 8.85. The molecule has 0 aromatic heterocycles. The molecule has 1 aromatic rings. The van der Waals surface area contributed by atoms with Crippen molar-refractivity contribution in [1.82, 2.24) is 0 Å². The van der Waals surface area contributed by atoms with Crippen LogP contribution in [0.5, 0.6) is 5.75 Å². The average molecular weight is 284 g/mol. The fourth-order valence-electron chi connectivity index (χ4n) is 2.12. The van der Waals surface area contributed by atoms with Gasteiger partial charge in [-0.25, -0.2) is 8.42 Å². The predicted octanol–water partition coefficient (Wildman–Crippen LogP) is 1.65. The topological polar surface area (TPSA) is 81.4 Å². The molecule has 0 bridgehead atoms. The van der Waals surface area contributed by atoms with Crippen LogP contribution in [0.25, 0.3) is 0 Å². The lowest BCUT2D eigenvalue weighted by Crippen LogP contribution is -2.20. The Morgan fingerprint density at radius 3 is 2.74 bits per heavy atom. The molecule has 5 nitrogen and oxygen atoms in total. The number of anilines is 2. The van der Waals surface area contributed by atoms with Crippen molar-refractivity contribution in [2.45, 2.75) is 32.4 Å². The number of benzene rings is 1. The third kappa shape index (κ3) is 3.76. The van der Waals surface area contributed by atoms with Crippen LogP contribution >= 0.6 is 0 Å². The van der Waals surface area contributed by atoms with Crippen molar-refractivity contribution in [3.8, 4) is 5.75 Å². The van der Waals surface area contributed by atoms with Gasteiger partial charge in [0.1, 0.15) is 5.75 Å². The Balaban J connectivity index is 2.09. The quantitative estimate of drug-likeness (QED) is 0.822. The lowest BCUT2D eigenvalue weighted by Gasteiger charge is -2.16. The maximum atomic E-state index is 11.4. The van der Waals surface area contributed by atoms with Crippen LogP contribution in [0.2, 0.25) is 0 Å². The SMILES string of the molecule is CC(C)Oc1cc(NC2CCS(=O)(=O)C2)ccc1N. The van der Waals surface area contributed by atoms with Gasteiger partial charge in [0.2, 0.25) is 0 Å². The molecule has 0 amide bonds. The van der Waals surface area contributed by atoms with Crippen molar-refractivity contribution >= 4 is 21.2 Å². The summed E-state index contributed by atoms with van der Waals surface area (Å²) >= 11 is 0. The maximum absolute atomic E-state index is 11.4. The Labute approximate surface area is 114 Å². The smallest absolute Gasteiger partial charge is 0.152 e. The van der Waals surface area contributed by atoms with Gasteiger partial charge >= 0.3 is 0 Å². The monoisotopic (exact) mass is 284 g/mol. The molecule has 2 rings (SSSR count). The maximum Gasteiger partial charge on any atom is 0.152 e. The zero-order valence-electron chi connectivity index (χ0n) is 11.2. The van der Waals surface area contributed by atoms with Gasteiger partial charge in [0.25, 0.3) is 0 Å². The molecule has 0 spiro atoms. The van der Waals surface area contributed by atoms with Crippen molar-refractivity contribution in [2.75, 3.05) is 22.6 Å². The van der Waals surface area contributed by atoms with E-state index in [1.165, 1.54) is 0 Å². The van der Waals surface area contributed by atoms with E-state index in [0.29, 0.717) is 17.9 Å². The van der Waals surface area contributed by atoms with E-state index in [9.17, 15) is 8.42 Å². The highest BCUT2D eigenvalue weighted by Gasteiger charge is 2.27. The summed E-state index contributed by atoms with van der Waals surface area (Å²) in [6.07, 6.45) is 0.692. The highest BCUT2D eigenvalue weighted by molar-refractivity contribution is 7.91. The van der Waals surface area contributed by atoms with E-state index in [1.807, 2.05) is 26.0 Å². The molecule has 1 aliphatic rings. The van der Waals surface area contributed by atoms with E-state index >= 15 is 0 Å². The summed E-state index contributed by atoms with van der Waals surface area (Å²) in [5.41, 5.74) is 7.26. The minimum atomic E-state index is -2.87. The second kappa shape index (κ2) is 5.28. The standard InChI is InChI=1S/C13H20N2O3S/c1-9(2)18-13-7-10(3-4-12(13)14)15-11-5-6-19(16,17)8-11/h3-4,7,9,11,15H,5-6,8,14H2,1-2H3. The van der Waals surface area contributed by atoms with Crippen molar-refractivity contribution in [3.05, 3.63) is 18.2 Å². The van der Waals surface area contributed by atoms with E-state index < -0.39 is 9.84 Å². The van der Waals surface area contributed by atoms with E-state index in [0.717, 1.165) is 5.69 Å². The molecule has 1 fully saturated rings. The third-order valence-electron chi connectivity index (χ3n) is 2.98. The molecule has 19 heavy (non-hydrogen) atoms. The molecule has 1 aliphatic heterocycles. The van der Waals surface area contributed by atoms with Crippen LogP contribution in [0.15, 0.2) is 18.2 Å². The minimum Gasteiger partial charge on any atom is -0.489 e. The van der Waals surface area contributed by atoms with Crippen molar-refractivity contribution in [2.24, 2.45) is 0 Å². The molecule has 0 aliphatic carbocycles. The molecule has 0 radical (unpaired) electrons. The first kappa shape index (κ1) is 14.0. The third-order valence-corrected chi connectivity index (χ3v) is 4.75. The number of nitrogens with one attached hydrogen (secondary N) is 1. The summed E-state index contributed by atoms with van der Waals surface area (Å²) in [6, 6.07) is 5.40. The molecule has 0 saturated carbocycles. The van der Waals surface area contributed by atoms with Gasteiger partial charge in [0, 0.05) is 17.8 Å². The summed E-state index contributed by atoms with van der Waals surface area (Å²) in [4.78, 5) is 0. The number of rotatable bonds is 4. The van der Waals surface area contributed by atoms with Gasteiger partial charge in [-0.05, 0) is 32.4 Å². The number of sulfone groups is 1.